The molecule has 0 spiro atoms. The van der Waals surface area contributed by atoms with Gasteiger partial charge < -0.3 is 14.7 Å². The molecule has 17 heavy (non-hydrogen) atoms. The molecule has 0 aliphatic heterocycles. The Morgan fingerprint density at radius 2 is 2.06 bits per heavy atom. The van der Waals surface area contributed by atoms with Gasteiger partial charge in [0, 0.05) is 13.1 Å². The van der Waals surface area contributed by atoms with E-state index in [1.54, 1.807) is 6.92 Å². The van der Waals surface area contributed by atoms with Crippen LogP contribution in [0.2, 0.25) is 0 Å². The summed E-state index contributed by atoms with van der Waals surface area (Å²) in [5, 5.41) is 9.24. The van der Waals surface area contributed by atoms with Gasteiger partial charge in [-0.25, -0.2) is 4.79 Å². The van der Waals surface area contributed by atoms with Gasteiger partial charge in [0.2, 0.25) is 0 Å². The number of carbonyl (C=O) groups is 1. The maximum Gasteiger partial charge on any atom is 0.410 e. The molecule has 1 atom stereocenters. The number of benzene rings is 1. The van der Waals surface area contributed by atoms with Crippen LogP contribution in [0.4, 0.5) is 4.79 Å². The maximum atomic E-state index is 11.7. The van der Waals surface area contributed by atoms with Crippen molar-refractivity contribution >= 4 is 6.09 Å². The molecule has 0 bridgehead atoms. The van der Waals surface area contributed by atoms with Gasteiger partial charge in [-0.2, -0.15) is 0 Å². The van der Waals surface area contributed by atoms with E-state index in [1.807, 2.05) is 37.3 Å². The minimum Gasteiger partial charge on any atom is -0.445 e. The summed E-state index contributed by atoms with van der Waals surface area (Å²) in [7, 11) is 0. The van der Waals surface area contributed by atoms with Crippen molar-refractivity contribution in [2.24, 2.45) is 0 Å². The average molecular weight is 237 g/mol. The van der Waals surface area contributed by atoms with E-state index in [1.165, 1.54) is 4.90 Å². The summed E-state index contributed by atoms with van der Waals surface area (Å²) in [6.07, 6.45) is -0.934. The van der Waals surface area contributed by atoms with Crippen molar-refractivity contribution in [3.8, 4) is 0 Å². The predicted molar refractivity (Wildman–Crippen MR) is 65.6 cm³/mol. The second-order valence-corrected chi connectivity index (χ2v) is 3.93. The highest BCUT2D eigenvalue weighted by atomic mass is 16.6. The first kappa shape index (κ1) is 13.5. The number of aliphatic hydroxyl groups is 1. The van der Waals surface area contributed by atoms with Crippen molar-refractivity contribution in [3.05, 3.63) is 35.9 Å². The molecule has 1 aromatic rings. The van der Waals surface area contributed by atoms with Gasteiger partial charge in [-0.1, -0.05) is 30.3 Å². The fourth-order valence-corrected chi connectivity index (χ4v) is 1.46. The smallest absolute Gasteiger partial charge is 0.410 e. The molecule has 0 saturated carbocycles. The monoisotopic (exact) mass is 237 g/mol. The van der Waals surface area contributed by atoms with Crippen LogP contribution in [-0.2, 0) is 11.3 Å². The fraction of sp³-hybridized carbons (Fsp3) is 0.462. The van der Waals surface area contributed by atoms with Crippen LogP contribution in [0, 0.1) is 0 Å². The number of carbonyl (C=O) groups excluding carboxylic acids is 1. The van der Waals surface area contributed by atoms with E-state index in [-0.39, 0.29) is 6.61 Å². The molecule has 0 radical (unpaired) electrons. The van der Waals surface area contributed by atoms with Gasteiger partial charge >= 0.3 is 6.09 Å². The largest absolute Gasteiger partial charge is 0.445 e. The molecule has 0 fully saturated rings. The summed E-state index contributed by atoms with van der Waals surface area (Å²) in [5.41, 5.74) is 0.953. The molecule has 94 valence electrons. The summed E-state index contributed by atoms with van der Waals surface area (Å²) in [6.45, 7) is 4.58. The zero-order chi connectivity index (χ0) is 12.7. The van der Waals surface area contributed by atoms with Crippen LogP contribution in [0.15, 0.2) is 30.3 Å². The van der Waals surface area contributed by atoms with Gasteiger partial charge in [0.15, 0.2) is 0 Å². The normalized spacial score (nSPS) is 11.9. The van der Waals surface area contributed by atoms with Crippen molar-refractivity contribution in [2.45, 2.75) is 26.6 Å². The Hall–Kier alpha value is -1.55. The summed E-state index contributed by atoms with van der Waals surface area (Å²) in [5.74, 6) is 0. The Bertz CT molecular complexity index is 338. The number of hydrogen-bond donors (Lipinski definition) is 1. The zero-order valence-electron chi connectivity index (χ0n) is 10.3. The third-order valence-corrected chi connectivity index (χ3v) is 2.33. The summed E-state index contributed by atoms with van der Waals surface area (Å²) < 4.78 is 5.16. The molecule has 0 heterocycles. The van der Waals surface area contributed by atoms with Crippen molar-refractivity contribution < 1.29 is 14.6 Å². The van der Waals surface area contributed by atoms with E-state index >= 15 is 0 Å². The Morgan fingerprint density at radius 3 is 2.59 bits per heavy atom. The number of rotatable bonds is 5. The molecule has 4 heteroatoms. The van der Waals surface area contributed by atoms with Crippen LogP contribution in [0.1, 0.15) is 19.4 Å². The highest BCUT2D eigenvalue weighted by molar-refractivity contribution is 5.67. The van der Waals surface area contributed by atoms with Crippen LogP contribution in [-0.4, -0.2) is 35.3 Å². The molecule has 0 unspecified atom stereocenters. The zero-order valence-corrected chi connectivity index (χ0v) is 10.3. The molecule has 4 nitrogen and oxygen atoms in total. The molecular formula is C13H19NO3. The summed E-state index contributed by atoms with van der Waals surface area (Å²) >= 11 is 0. The molecule has 1 N–H and O–H groups in total. The quantitative estimate of drug-likeness (QED) is 0.852. The van der Waals surface area contributed by atoms with Gasteiger partial charge in [0.05, 0.1) is 6.10 Å². The fourth-order valence-electron chi connectivity index (χ4n) is 1.46. The van der Waals surface area contributed by atoms with E-state index in [4.69, 9.17) is 4.74 Å². The topological polar surface area (TPSA) is 49.8 Å². The van der Waals surface area contributed by atoms with Gasteiger partial charge in [-0.15, -0.1) is 0 Å². The third kappa shape index (κ3) is 4.87. The molecule has 1 amide bonds. The third-order valence-electron chi connectivity index (χ3n) is 2.33. The van der Waals surface area contributed by atoms with Gasteiger partial charge in [-0.3, -0.25) is 0 Å². The molecule has 0 aliphatic rings. The van der Waals surface area contributed by atoms with E-state index in [2.05, 4.69) is 0 Å². The maximum absolute atomic E-state index is 11.7. The van der Waals surface area contributed by atoms with Crippen LogP contribution >= 0.6 is 0 Å². The van der Waals surface area contributed by atoms with E-state index in [0.29, 0.717) is 13.1 Å². The van der Waals surface area contributed by atoms with E-state index in [9.17, 15) is 9.90 Å². The summed E-state index contributed by atoms with van der Waals surface area (Å²) in [6, 6.07) is 9.51. The minimum absolute atomic E-state index is 0.260. The van der Waals surface area contributed by atoms with Crippen LogP contribution in [0.5, 0.6) is 0 Å². The lowest BCUT2D eigenvalue weighted by Crippen LogP contribution is -2.36. The highest BCUT2D eigenvalue weighted by Crippen LogP contribution is 2.03. The average Bonchev–Trinajstić information content (AvgIpc) is 2.34. The number of aliphatic hydroxyl groups excluding tert-OH is 1. The van der Waals surface area contributed by atoms with Crippen LogP contribution in [0.3, 0.4) is 0 Å². The number of hydrogen-bond acceptors (Lipinski definition) is 3. The SMILES string of the molecule is CCN(C[C@@H](C)O)C(=O)OCc1ccccc1. The number of ether oxygens (including phenoxy) is 1. The molecule has 0 saturated heterocycles. The van der Waals surface area contributed by atoms with Crippen molar-refractivity contribution in [3.63, 3.8) is 0 Å². The Labute approximate surface area is 102 Å². The van der Waals surface area contributed by atoms with Gasteiger partial charge in [-0.05, 0) is 19.4 Å². The molecule has 1 rings (SSSR count). The lowest BCUT2D eigenvalue weighted by Gasteiger charge is -2.21. The minimum atomic E-state index is -0.542. The van der Waals surface area contributed by atoms with Crippen LogP contribution in [0.25, 0.3) is 0 Å². The molecular weight excluding hydrogens is 218 g/mol. The highest BCUT2D eigenvalue weighted by Gasteiger charge is 2.14. The Morgan fingerprint density at radius 1 is 1.41 bits per heavy atom. The molecule has 0 aromatic heterocycles. The summed E-state index contributed by atoms with van der Waals surface area (Å²) in [4.78, 5) is 13.2. The number of nitrogens with zero attached hydrogens (tertiary/aromatic N) is 1. The number of amides is 1. The predicted octanol–water partition coefficient (Wildman–Crippen LogP) is 2.03. The van der Waals surface area contributed by atoms with Crippen molar-refractivity contribution in [2.75, 3.05) is 13.1 Å². The number of likely N-dealkylation sites (N-methyl/N-ethyl adjacent to an activating group) is 1. The van der Waals surface area contributed by atoms with Gasteiger partial charge in [0.1, 0.15) is 6.61 Å². The van der Waals surface area contributed by atoms with Crippen LogP contribution < -0.4 is 0 Å². The van der Waals surface area contributed by atoms with Crippen molar-refractivity contribution in [1.29, 1.82) is 0 Å². The lowest BCUT2D eigenvalue weighted by molar-refractivity contribution is 0.0756. The second-order valence-electron chi connectivity index (χ2n) is 3.93. The van der Waals surface area contributed by atoms with E-state index in [0.717, 1.165) is 5.56 Å². The first-order valence-corrected chi connectivity index (χ1v) is 5.77. The Kier molecular flexibility index (Phi) is 5.49. The Balaban J connectivity index is 2.42. The first-order valence-electron chi connectivity index (χ1n) is 5.77. The van der Waals surface area contributed by atoms with E-state index < -0.39 is 12.2 Å². The lowest BCUT2D eigenvalue weighted by atomic mass is 10.2. The molecule has 0 aliphatic carbocycles. The van der Waals surface area contributed by atoms with Crippen molar-refractivity contribution in [1.82, 2.24) is 4.90 Å². The molecule has 1 aromatic carbocycles. The first-order chi connectivity index (χ1) is 8.13. The van der Waals surface area contributed by atoms with Gasteiger partial charge in [0.25, 0.3) is 0 Å². The second kappa shape index (κ2) is 6.91. The standard InChI is InChI=1S/C13H19NO3/c1-3-14(9-11(2)15)13(16)17-10-12-7-5-4-6-8-12/h4-8,11,15H,3,9-10H2,1-2H3/t11-/m1/s1.